The van der Waals surface area contributed by atoms with E-state index in [1.54, 1.807) is 17.1 Å². The summed E-state index contributed by atoms with van der Waals surface area (Å²) in [6.45, 7) is 0.591. The summed E-state index contributed by atoms with van der Waals surface area (Å²) in [5.74, 6) is 0.790. The van der Waals surface area contributed by atoms with E-state index in [0.717, 1.165) is 17.1 Å². The normalized spacial score (nSPS) is 10.8. The maximum absolute atomic E-state index is 5.27. The first-order valence-electron chi connectivity index (χ1n) is 5.78. The van der Waals surface area contributed by atoms with E-state index in [0.29, 0.717) is 11.3 Å². The zero-order valence-electron chi connectivity index (χ0n) is 10.3. The highest BCUT2D eigenvalue weighted by molar-refractivity contribution is 7.71. The van der Waals surface area contributed by atoms with Crippen molar-refractivity contribution in [2.45, 2.75) is 6.54 Å². The smallest absolute Gasteiger partial charge is 0.195 e. The van der Waals surface area contributed by atoms with E-state index < -0.39 is 0 Å². The van der Waals surface area contributed by atoms with Crippen LogP contribution in [-0.2, 0) is 13.6 Å². The lowest BCUT2D eigenvalue weighted by molar-refractivity contribution is 0.704. The van der Waals surface area contributed by atoms with Gasteiger partial charge in [-0.2, -0.15) is 10.2 Å². The zero-order chi connectivity index (χ0) is 13.2. The Balaban J connectivity index is 2.02. The topological polar surface area (TPSA) is 64.3 Å². The Kier molecular flexibility index (Phi) is 2.96. The van der Waals surface area contributed by atoms with Crippen LogP contribution in [0.4, 0.5) is 0 Å². The standard InChI is InChI=1S/C12H12N6S/c1-17-7-4-10(16-17)8-18-11(14-15-12(18)19)9-2-5-13-6-3-9/h2-7H,8H2,1H3,(H,15,19). The Hall–Kier alpha value is -2.28. The molecule has 3 aromatic heterocycles. The highest BCUT2D eigenvalue weighted by Crippen LogP contribution is 2.16. The van der Waals surface area contributed by atoms with Crippen molar-refractivity contribution in [1.29, 1.82) is 0 Å². The molecule has 96 valence electrons. The van der Waals surface area contributed by atoms with Crippen LogP contribution in [-0.4, -0.2) is 29.5 Å². The molecule has 3 rings (SSSR count). The molecule has 7 heteroatoms. The molecule has 0 fully saturated rings. The number of aromatic amines is 1. The molecule has 0 aliphatic rings. The second kappa shape index (κ2) is 4.77. The molecule has 0 spiro atoms. The molecule has 19 heavy (non-hydrogen) atoms. The van der Waals surface area contributed by atoms with Crippen molar-refractivity contribution in [2.24, 2.45) is 7.05 Å². The third kappa shape index (κ3) is 2.32. The minimum Gasteiger partial charge on any atom is -0.294 e. The molecular formula is C12H12N6S. The average Bonchev–Trinajstić information content (AvgIpc) is 2.99. The van der Waals surface area contributed by atoms with Crippen molar-refractivity contribution < 1.29 is 0 Å². The number of aryl methyl sites for hydroxylation is 1. The number of nitrogens with one attached hydrogen (secondary N) is 1. The lowest BCUT2D eigenvalue weighted by atomic mass is 10.2. The molecule has 0 saturated carbocycles. The van der Waals surface area contributed by atoms with E-state index in [2.05, 4.69) is 20.3 Å². The highest BCUT2D eigenvalue weighted by atomic mass is 32.1. The van der Waals surface area contributed by atoms with Gasteiger partial charge in [-0.3, -0.25) is 19.3 Å². The third-order valence-corrected chi connectivity index (χ3v) is 3.10. The summed E-state index contributed by atoms with van der Waals surface area (Å²) >= 11 is 5.27. The number of hydrogen-bond donors (Lipinski definition) is 1. The first-order valence-corrected chi connectivity index (χ1v) is 6.19. The van der Waals surface area contributed by atoms with Crippen molar-refractivity contribution in [3.63, 3.8) is 0 Å². The van der Waals surface area contributed by atoms with Crippen LogP contribution in [0.1, 0.15) is 5.69 Å². The number of H-pyrrole nitrogens is 1. The van der Waals surface area contributed by atoms with Gasteiger partial charge in [0.2, 0.25) is 0 Å². The number of hydrogen-bond acceptors (Lipinski definition) is 4. The van der Waals surface area contributed by atoms with Gasteiger partial charge in [0.05, 0.1) is 12.2 Å². The van der Waals surface area contributed by atoms with Crippen LogP contribution in [0.3, 0.4) is 0 Å². The number of nitrogens with zero attached hydrogens (tertiary/aromatic N) is 5. The molecule has 0 amide bonds. The second-order valence-electron chi connectivity index (χ2n) is 4.16. The van der Waals surface area contributed by atoms with Gasteiger partial charge in [0.1, 0.15) is 0 Å². The number of pyridine rings is 1. The molecule has 6 nitrogen and oxygen atoms in total. The highest BCUT2D eigenvalue weighted by Gasteiger charge is 2.10. The summed E-state index contributed by atoms with van der Waals surface area (Å²) in [5, 5.41) is 11.5. The van der Waals surface area contributed by atoms with E-state index in [-0.39, 0.29) is 0 Å². The van der Waals surface area contributed by atoms with Gasteiger partial charge in [-0.25, -0.2) is 0 Å². The Labute approximate surface area is 114 Å². The van der Waals surface area contributed by atoms with Crippen LogP contribution in [0.2, 0.25) is 0 Å². The molecule has 1 N–H and O–H groups in total. The molecule has 3 heterocycles. The lowest BCUT2D eigenvalue weighted by Crippen LogP contribution is -2.04. The van der Waals surface area contributed by atoms with Gasteiger partial charge in [-0.05, 0) is 30.4 Å². The second-order valence-corrected chi connectivity index (χ2v) is 4.54. The summed E-state index contributed by atoms with van der Waals surface area (Å²) < 4.78 is 4.27. The molecule has 0 radical (unpaired) electrons. The van der Waals surface area contributed by atoms with Crippen molar-refractivity contribution in [1.82, 2.24) is 29.5 Å². The van der Waals surface area contributed by atoms with E-state index in [4.69, 9.17) is 12.2 Å². The van der Waals surface area contributed by atoms with Gasteiger partial charge < -0.3 is 0 Å². The van der Waals surface area contributed by atoms with Crippen molar-refractivity contribution in [3.05, 3.63) is 47.3 Å². The van der Waals surface area contributed by atoms with E-state index in [9.17, 15) is 0 Å². The van der Waals surface area contributed by atoms with Crippen molar-refractivity contribution in [2.75, 3.05) is 0 Å². The molecular weight excluding hydrogens is 260 g/mol. The summed E-state index contributed by atoms with van der Waals surface area (Å²) in [6, 6.07) is 5.77. The SMILES string of the molecule is Cn1ccc(Cn2c(-c3ccncc3)n[nH]c2=S)n1. The van der Waals surface area contributed by atoms with Gasteiger partial charge >= 0.3 is 0 Å². The average molecular weight is 272 g/mol. The van der Waals surface area contributed by atoms with Crippen LogP contribution in [0.25, 0.3) is 11.4 Å². The third-order valence-electron chi connectivity index (χ3n) is 2.79. The van der Waals surface area contributed by atoms with Crippen LogP contribution >= 0.6 is 12.2 Å². The zero-order valence-corrected chi connectivity index (χ0v) is 11.1. The van der Waals surface area contributed by atoms with E-state index in [1.165, 1.54) is 0 Å². The maximum atomic E-state index is 5.27. The predicted molar refractivity (Wildman–Crippen MR) is 73.0 cm³/mol. The van der Waals surface area contributed by atoms with Crippen LogP contribution in [0.15, 0.2) is 36.8 Å². The predicted octanol–water partition coefficient (Wildman–Crippen LogP) is 1.78. The first-order chi connectivity index (χ1) is 9.24. The molecule has 0 unspecified atom stereocenters. The molecule has 0 bridgehead atoms. The van der Waals surface area contributed by atoms with Crippen molar-refractivity contribution in [3.8, 4) is 11.4 Å². The van der Waals surface area contributed by atoms with E-state index >= 15 is 0 Å². The van der Waals surface area contributed by atoms with E-state index in [1.807, 2.05) is 36.0 Å². The molecule has 0 aromatic carbocycles. The molecule has 0 saturated heterocycles. The molecule has 3 aromatic rings. The molecule has 0 aliphatic carbocycles. The number of rotatable bonds is 3. The van der Waals surface area contributed by atoms with Gasteiger partial charge in [-0.15, -0.1) is 0 Å². The summed E-state index contributed by atoms with van der Waals surface area (Å²) in [7, 11) is 1.89. The summed E-state index contributed by atoms with van der Waals surface area (Å²) in [4.78, 5) is 4.01. The van der Waals surface area contributed by atoms with Crippen LogP contribution < -0.4 is 0 Å². The molecule has 0 aliphatic heterocycles. The Morgan fingerprint density at radius 2 is 2.05 bits per heavy atom. The quantitative estimate of drug-likeness (QED) is 0.738. The van der Waals surface area contributed by atoms with Crippen molar-refractivity contribution >= 4 is 12.2 Å². The van der Waals surface area contributed by atoms with Gasteiger partial charge in [-0.1, -0.05) is 0 Å². The Morgan fingerprint density at radius 1 is 1.26 bits per heavy atom. The van der Waals surface area contributed by atoms with Gasteiger partial charge in [0, 0.05) is 31.2 Å². The fraction of sp³-hybridized carbons (Fsp3) is 0.167. The van der Waals surface area contributed by atoms with Crippen LogP contribution in [0, 0.1) is 4.77 Å². The maximum Gasteiger partial charge on any atom is 0.195 e. The lowest BCUT2D eigenvalue weighted by Gasteiger charge is -2.04. The van der Waals surface area contributed by atoms with Crippen LogP contribution in [0.5, 0.6) is 0 Å². The monoisotopic (exact) mass is 272 g/mol. The van der Waals surface area contributed by atoms with Gasteiger partial charge in [0.15, 0.2) is 10.6 Å². The Morgan fingerprint density at radius 3 is 2.74 bits per heavy atom. The fourth-order valence-electron chi connectivity index (χ4n) is 1.90. The fourth-order valence-corrected chi connectivity index (χ4v) is 2.09. The van der Waals surface area contributed by atoms with Gasteiger partial charge in [0.25, 0.3) is 0 Å². The summed E-state index contributed by atoms with van der Waals surface area (Å²) in [6.07, 6.45) is 5.38. The largest absolute Gasteiger partial charge is 0.294 e. The summed E-state index contributed by atoms with van der Waals surface area (Å²) in [5.41, 5.74) is 1.91. The molecule has 0 atom stereocenters. The first kappa shape index (κ1) is 11.8. The minimum atomic E-state index is 0.581. The minimum absolute atomic E-state index is 0.581. The number of aromatic nitrogens is 6. The Bertz CT molecular complexity index is 739.